The van der Waals surface area contributed by atoms with Crippen molar-refractivity contribution in [2.45, 2.75) is 38.1 Å². The van der Waals surface area contributed by atoms with Gasteiger partial charge in [-0.1, -0.05) is 0 Å². The largest absolute Gasteiger partial charge is 0.481 e. The van der Waals surface area contributed by atoms with Crippen LogP contribution in [0.3, 0.4) is 0 Å². The highest BCUT2D eigenvalue weighted by molar-refractivity contribution is 5.81. The Morgan fingerprint density at radius 2 is 2.12 bits per heavy atom. The molecule has 0 aromatic carbocycles. The third-order valence-electron chi connectivity index (χ3n) is 5.95. The minimum absolute atomic E-state index is 0.136. The molecular formula is C18H26N4O3. The van der Waals surface area contributed by atoms with Crippen LogP contribution in [0.1, 0.15) is 32.1 Å². The number of anilines is 1. The van der Waals surface area contributed by atoms with Crippen molar-refractivity contribution in [1.29, 1.82) is 0 Å². The summed E-state index contributed by atoms with van der Waals surface area (Å²) in [6, 6.07) is 2.02. The van der Waals surface area contributed by atoms with Gasteiger partial charge in [-0.15, -0.1) is 0 Å². The summed E-state index contributed by atoms with van der Waals surface area (Å²) >= 11 is 0. The van der Waals surface area contributed by atoms with Crippen LogP contribution in [-0.4, -0.2) is 55.3 Å². The molecule has 2 saturated heterocycles. The van der Waals surface area contributed by atoms with Gasteiger partial charge < -0.3 is 19.7 Å². The molecule has 3 heterocycles. The van der Waals surface area contributed by atoms with E-state index < -0.39 is 0 Å². The molecule has 2 aliphatic heterocycles. The van der Waals surface area contributed by atoms with Crippen molar-refractivity contribution in [3.8, 4) is 5.88 Å². The number of methoxy groups -OCH3 is 1. The Bertz CT molecular complexity index is 627. The number of hydrogen-bond acceptors (Lipinski definition) is 6. The molecule has 3 aliphatic rings. The molecule has 1 N–H and O–H groups in total. The first-order chi connectivity index (χ1) is 12.2. The van der Waals surface area contributed by atoms with Gasteiger partial charge in [-0.05, 0) is 37.5 Å². The maximum absolute atomic E-state index is 12.2. The highest BCUT2D eigenvalue weighted by Crippen LogP contribution is 2.42. The summed E-state index contributed by atoms with van der Waals surface area (Å²) in [5.41, 5.74) is 0.149. The maximum atomic E-state index is 12.2. The molecule has 1 spiro atoms. The predicted molar refractivity (Wildman–Crippen MR) is 92.6 cm³/mol. The molecule has 1 amide bonds. The molecule has 136 valence electrons. The molecule has 7 nitrogen and oxygen atoms in total. The number of aromatic nitrogens is 2. The van der Waals surface area contributed by atoms with E-state index in [1.165, 1.54) is 0 Å². The lowest BCUT2D eigenvalue weighted by molar-refractivity contribution is -0.127. The van der Waals surface area contributed by atoms with Gasteiger partial charge in [-0.25, -0.2) is 9.97 Å². The summed E-state index contributed by atoms with van der Waals surface area (Å²) in [7, 11) is 1.62. The second-order valence-electron chi connectivity index (χ2n) is 7.43. The Hall–Kier alpha value is -1.89. The van der Waals surface area contributed by atoms with E-state index in [-0.39, 0.29) is 23.3 Å². The van der Waals surface area contributed by atoms with E-state index in [4.69, 9.17) is 9.47 Å². The Morgan fingerprint density at radius 1 is 1.32 bits per heavy atom. The van der Waals surface area contributed by atoms with Crippen LogP contribution in [0.5, 0.6) is 5.88 Å². The van der Waals surface area contributed by atoms with E-state index in [0.717, 1.165) is 57.6 Å². The highest BCUT2D eigenvalue weighted by atomic mass is 16.5. The van der Waals surface area contributed by atoms with Gasteiger partial charge in [0.1, 0.15) is 12.1 Å². The number of hydrogen-bond donors (Lipinski definition) is 1. The second-order valence-corrected chi connectivity index (χ2v) is 7.43. The van der Waals surface area contributed by atoms with Gasteiger partial charge in [0.25, 0.3) is 0 Å². The third-order valence-corrected chi connectivity index (χ3v) is 5.95. The standard InChI is InChI=1S/C18H26N4O3/c1-24-16-10-15(19-12-20-16)22-7-4-18(5-8-22)6-9-25-11-14(18)21-17(23)13-2-3-13/h10,12-14H,2-9,11H2,1H3,(H,21,23). The van der Waals surface area contributed by atoms with Crippen molar-refractivity contribution >= 4 is 11.7 Å². The van der Waals surface area contributed by atoms with Crippen molar-refractivity contribution in [3.63, 3.8) is 0 Å². The molecule has 1 unspecified atom stereocenters. The summed E-state index contributed by atoms with van der Waals surface area (Å²) in [4.78, 5) is 23.0. The van der Waals surface area contributed by atoms with Crippen molar-refractivity contribution in [3.05, 3.63) is 12.4 Å². The van der Waals surface area contributed by atoms with E-state index in [1.807, 2.05) is 6.07 Å². The lowest BCUT2D eigenvalue weighted by Crippen LogP contribution is -2.58. The zero-order valence-electron chi connectivity index (χ0n) is 14.7. The average Bonchev–Trinajstić information content (AvgIpc) is 3.50. The summed E-state index contributed by atoms with van der Waals surface area (Å²) in [5, 5.41) is 3.29. The molecule has 7 heteroatoms. The van der Waals surface area contributed by atoms with Crippen LogP contribution in [0.4, 0.5) is 5.82 Å². The summed E-state index contributed by atoms with van der Waals surface area (Å²) in [6.07, 6.45) is 6.72. The lowest BCUT2D eigenvalue weighted by Gasteiger charge is -2.49. The van der Waals surface area contributed by atoms with Gasteiger partial charge in [-0.2, -0.15) is 0 Å². The minimum Gasteiger partial charge on any atom is -0.481 e. The number of carbonyl (C=O) groups is 1. The topological polar surface area (TPSA) is 76.6 Å². The van der Waals surface area contributed by atoms with Gasteiger partial charge in [0, 0.05) is 31.7 Å². The molecule has 3 fully saturated rings. The fraction of sp³-hybridized carbons (Fsp3) is 0.722. The van der Waals surface area contributed by atoms with Gasteiger partial charge >= 0.3 is 0 Å². The van der Waals surface area contributed by atoms with Crippen molar-refractivity contribution in [2.24, 2.45) is 11.3 Å². The Kier molecular flexibility index (Phi) is 4.50. The normalized spacial score (nSPS) is 25.6. The summed E-state index contributed by atoms with van der Waals surface area (Å²) in [5.74, 6) is 1.96. The van der Waals surface area contributed by atoms with E-state index >= 15 is 0 Å². The lowest BCUT2D eigenvalue weighted by atomic mass is 9.69. The molecule has 1 aliphatic carbocycles. The fourth-order valence-electron chi connectivity index (χ4n) is 4.05. The molecule has 1 saturated carbocycles. The molecule has 1 aromatic rings. The van der Waals surface area contributed by atoms with E-state index in [1.54, 1.807) is 13.4 Å². The van der Waals surface area contributed by atoms with E-state index in [9.17, 15) is 4.79 Å². The molecule has 0 bridgehead atoms. The summed E-state index contributed by atoms with van der Waals surface area (Å²) in [6.45, 7) is 3.28. The fourth-order valence-corrected chi connectivity index (χ4v) is 4.05. The van der Waals surface area contributed by atoms with Crippen LogP contribution < -0.4 is 15.0 Å². The number of piperidine rings is 1. The van der Waals surface area contributed by atoms with Crippen molar-refractivity contribution in [2.75, 3.05) is 38.3 Å². The monoisotopic (exact) mass is 346 g/mol. The zero-order valence-corrected chi connectivity index (χ0v) is 14.7. The molecule has 4 rings (SSSR count). The third kappa shape index (κ3) is 3.42. The van der Waals surface area contributed by atoms with Gasteiger partial charge in [-0.3, -0.25) is 4.79 Å². The quantitative estimate of drug-likeness (QED) is 0.888. The van der Waals surface area contributed by atoms with E-state index in [0.29, 0.717) is 12.5 Å². The highest BCUT2D eigenvalue weighted by Gasteiger charge is 2.45. The second kappa shape index (κ2) is 6.78. The molecular weight excluding hydrogens is 320 g/mol. The number of carbonyl (C=O) groups excluding carboxylic acids is 1. The number of ether oxygens (including phenoxy) is 2. The van der Waals surface area contributed by atoms with Crippen LogP contribution in [-0.2, 0) is 9.53 Å². The van der Waals surface area contributed by atoms with Crippen LogP contribution in [0, 0.1) is 11.3 Å². The van der Waals surface area contributed by atoms with Gasteiger partial charge in [0.15, 0.2) is 0 Å². The van der Waals surface area contributed by atoms with Crippen LogP contribution in [0.2, 0.25) is 0 Å². The number of amides is 1. The van der Waals surface area contributed by atoms with E-state index in [2.05, 4.69) is 20.2 Å². The molecule has 0 radical (unpaired) electrons. The molecule has 1 atom stereocenters. The van der Waals surface area contributed by atoms with Crippen molar-refractivity contribution < 1.29 is 14.3 Å². The van der Waals surface area contributed by atoms with Crippen LogP contribution in [0.25, 0.3) is 0 Å². The minimum atomic E-state index is 0.136. The van der Waals surface area contributed by atoms with Crippen molar-refractivity contribution in [1.82, 2.24) is 15.3 Å². The summed E-state index contributed by atoms with van der Waals surface area (Å²) < 4.78 is 10.9. The van der Waals surface area contributed by atoms with Crippen LogP contribution >= 0.6 is 0 Å². The number of nitrogens with zero attached hydrogens (tertiary/aromatic N) is 3. The Morgan fingerprint density at radius 3 is 2.84 bits per heavy atom. The predicted octanol–water partition coefficient (Wildman–Crippen LogP) is 1.39. The molecule has 1 aromatic heterocycles. The zero-order chi connectivity index (χ0) is 17.3. The number of rotatable bonds is 4. The first-order valence-corrected chi connectivity index (χ1v) is 9.19. The SMILES string of the molecule is COc1cc(N2CCC3(CCOCC3NC(=O)C3CC3)CC2)ncn1. The average molecular weight is 346 g/mol. The van der Waals surface area contributed by atoms with Gasteiger partial charge in [0.2, 0.25) is 11.8 Å². The number of nitrogens with one attached hydrogen (secondary N) is 1. The maximum Gasteiger partial charge on any atom is 0.223 e. The smallest absolute Gasteiger partial charge is 0.223 e. The Balaban J connectivity index is 1.43. The molecule has 25 heavy (non-hydrogen) atoms. The first kappa shape index (κ1) is 16.6. The van der Waals surface area contributed by atoms with Crippen LogP contribution in [0.15, 0.2) is 12.4 Å². The van der Waals surface area contributed by atoms with Gasteiger partial charge in [0.05, 0.1) is 19.8 Å². The Labute approximate surface area is 148 Å². The first-order valence-electron chi connectivity index (χ1n) is 9.19.